The molecule has 1 aromatic rings. The second-order valence-corrected chi connectivity index (χ2v) is 5.61. The Labute approximate surface area is 141 Å². The van der Waals surface area contributed by atoms with Crippen molar-refractivity contribution in [3.8, 4) is 0 Å². The van der Waals surface area contributed by atoms with E-state index in [-0.39, 0.29) is 18.4 Å². The molecule has 3 nitrogen and oxygen atoms in total. The van der Waals surface area contributed by atoms with Crippen molar-refractivity contribution in [1.29, 1.82) is 0 Å². The molecule has 4 heteroatoms. The topological polar surface area (TPSA) is 26.3 Å². The summed E-state index contributed by atoms with van der Waals surface area (Å²) in [6, 6.07) is 10.6. The lowest BCUT2D eigenvalue weighted by atomic mass is 10.1. The highest BCUT2D eigenvalue weighted by Gasteiger charge is 2.23. The van der Waals surface area contributed by atoms with E-state index in [2.05, 4.69) is 44.7 Å². The minimum Gasteiger partial charge on any atom is -1.00 e. The molecule has 0 aliphatic heterocycles. The van der Waals surface area contributed by atoms with Gasteiger partial charge in [0.15, 0.2) is 0 Å². The maximum absolute atomic E-state index is 11.4. The summed E-state index contributed by atoms with van der Waals surface area (Å²) < 4.78 is 6.21. The minimum atomic E-state index is -0.288. The van der Waals surface area contributed by atoms with Crippen LogP contribution in [0.4, 0.5) is 0 Å². The lowest BCUT2D eigenvalue weighted by molar-refractivity contribution is -0.938. The number of carbonyl (C=O) groups is 1. The summed E-state index contributed by atoms with van der Waals surface area (Å²) in [5.41, 5.74) is 1.83. The number of esters is 1. The molecule has 0 saturated carbocycles. The van der Waals surface area contributed by atoms with Crippen LogP contribution in [0.3, 0.4) is 0 Å². The highest BCUT2D eigenvalue weighted by Crippen LogP contribution is 2.15. The molecule has 0 atom stereocenters. The van der Waals surface area contributed by atoms with Gasteiger partial charge >= 0.3 is 5.97 Å². The van der Waals surface area contributed by atoms with E-state index in [4.69, 9.17) is 4.74 Å². The second-order valence-electron chi connectivity index (χ2n) is 5.61. The summed E-state index contributed by atoms with van der Waals surface area (Å²) >= 11 is 0. The number of quaternary nitrogens is 1. The molecule has 0 radical (unpaired) electrons. The van der Waals surface area contributed by atoms with E-state index in [0.717, 1.165) is 37.1 Å². The molecule has 0 fully saturated rings. The summed E-state index contributed by atoms with van der Waals surface area (Å²) in [4.78, 5) is 11.4. The molecule has 0 amide bonds. The molecule has 0 N–H and O–H groups in total. The van der Waals surface area contributed by atoms with Gasteiger partial charge in [-0.1, -0.05) is 36.9 Å². The lowest BCUT2D eigenvalue weighted by Crippen LogP contribution is -3.00. The SMILES string of the molecule is C=C(C)C(=O)OCCC[N+](CC)(CC)Cc1ccccc1.[Cl-]. The summed E-state index contributed by atoms with van der Waals surface area (Å²) in [6.45, 7) is 14.4. The molecule has 22 heavy (non-hydrogen) atoms. The standard InChI is InChI=1S/C18H28NO2.ClH/c1-5-19(6-2,15-17-11-8-7-9-12-17)13-10-14-21-18(20)16(3)4;/h7-9,11-12H,3,5-6,10,13-15H2,1-2,4H3;1H/q+1;/p-1. The maximum Gasteiger partial charge on any atom is 0.333 e. The fourth-order valence-corrected chi connectivity index (χ4v) is 2.50. The molecule has 0 spiro atoms. The van der Waals surface area contributed by atoms with Crippen molar-refractivity contribution in [3.63, 3.8) is 0 Å². The Bertz CT molecular complexity index is 455. The zero-order valence-electron chi connectivity index (χ0n) is 14.0. The molecular weight excluding hydrogens is 298 g/mol. The number of hydrogen-bond acceptors (Lipinski definition) is 2. The van der Waals surface area contributed by atoms with Gasteiger partial charge in [0.25, 0.3) is 0 Å². The third-order valence-electron chi connectivity index (χ3n) is 4.06. The van der Waals surface area contributed by atoms with E-state index in [1.54, 1.807) is 6.92 Å². The van der Waals surface area contributed by atoms with Gasteiger partial charge in [-0.15, -0.1) is 0 Å². The van der Waals surface area contributed by atoms with Gasteiger partial charge in [0.2, 0.25) is 0 Å². The van der Waals surface area contributed by atoms with E-state index < -0.39 is 0 Å². The van der Waals surface area contributed by atoms with Crippen LogP contribution in [0.5, 0.6) is 0 Å². The maximum atomic E-state index is 11.4. The molecule has 0 aromatic heterocycles. The van der Waals surface area contributed by atoms with Crippen molar-refractivity contribution in [1.82, 2.24) is 0 Å². The summed E-state index contributed by atoms with van der Waals surface area (Å²) in [6.07, 6.45) is 0.882. The molecule has 0 heterocycles. The predicted octanol–water partition coefficient (Wildman–Crippen LogP) is 0.557. The third-order valence-corrected chi connectivity index (χ3v) is 4.06. The van der Waals surface area contributed by atoms with Crippen molar-refractivity contribution in [2.24, 2.45) is 0 Å². The van der Waals surface area contributed by atoms with E-state index in [9.17, 15) is 4.79 Å². The summed E-state index contributed by atoms with van der Waals surface area (Å²) in [5, 5.41) is 0. The van der Waals surface area contributed by atoms with Gasteiger partial charge in [0, 0.05) is 17.6 Å². The average molecular weight is 326 g/mol. The van der Waals surface area contributed by atoms with Crippen LogP contribution in [-0.4, -0.2) is 36.7 Å². The molecular formula is C18H28ClNO2. The number of hydrogen-bond donors (Lipinski definition) is 0. The molecule has 0 aliphatic rings. The molecule has 124 valence electrons. The number of rotatable bonds is 9. The fourth-order valence-electron chi connectivity index (χ4n) is 2.50. The van der Waals surface area contributed by atoms with E-state index in [1.165, 1.54) is 5.56 Å². The number of benzene rings is 1. The number of halogens is 1. The molecule has 0 bridgehead atoms. The Hall–Kier alpha value is -1.32. The van der Waals surface area contributed by atoms with Crippen LogP contribution < -0.4 is 12.4 Å². The van der Waals surface area contributed by atoms with Crippen molar-refractivity contribution in [2.75, 3.05) is 26.2 Å². The third kappa shape index (κ3) is 6.63. The first kappa shape index (κ1) is 20.7. The van der Waals surface area contributed by atoms with Crippen LogP contribution in [0, 0.1) is 0 Å². The highest BCUT2D eigenvalue weighted by molar-refractivity contribution is 5.86. The molecule has 0 aliphatic carbocycles. The number of carbonyl (C=O) groups excluding carboxylic acids is 1. The zero-order chi connectivity index (χ0) is 15.7. The Morgan fingerprint density at radius 2 is 1.77 bits per heavy atom. The first-order valence-electron chi connectivity index (χ1n) is 7.74. The van der Waals surface area contributed by atoms with Gasteiger partial charge in [-0.25, -0.2) is 4.79 Å². The van der Waals surface area contributed by atoms with Crippen LogP contribution in [0.2, 0.25) is 0 Å². The number of ether oxygens (including phenoxy) is 1. The van der Waals surface area contributed by atoms with Crippen molar-refractivity contribution < 1.29 is 26.4 Å². The van der Waals surface area contributed by atoms with Gasteiger partial charge in [-0.2, -0.15) is 0 Å². The molecule has 0 unspecified atom stereocenters. The Kier molecular flexibility index (Phi) is 9.79. The van der Waals surface area contributed by atoms with Crippen LogP contribution in [0.15, 0.2) is 42.5 Å². The van der Waals surface area contributed by atoms with Crippen molar-refractivity contribution in [2.45, 2.75) is 33.7 Å². The highest BCUT2D eigenvalue weighted by atomic mass is 35.5. The quantitative estimate of drug-likeness (QED) is 0.287. The fraction of sp³-hybridized carbons (Fsp3) is 0.500. The van der Waals surface area contributed by atoms with Gasteiger partial charge < -0.3 is 21.6 Å². The average Bonchev–Trinajstić information content (AvgIpc) is 2.51. The molecule has 1 aromatic carbocycles. The first-order valence-corrected chi connectivity index (χ1v) is 7.74. The Morgan fingerprint density at radius 1 is 1.18 bits per heavy atom. The van der Waals surface area contributed by atoms with E-state index >= 15 is 0 Å². The first-order chi connectivity index (χ1) is 10.0. The van der Waals surface area contributed by atoms with Crippen LogP contribution in [0.25, 0.3) is 0 Å². The van der Waals surface area contributed by atoms with Crippen molar-refractivity contribution >= 4 is 5.97 Å². The smallest absolute Gasteiger partial charge is 0.333 e. The molecule has 0 saturated heterocycles. The van der Waals surface area contributed by atoms with E-state index in [1.807, 2.05) is 6.07 Å². The predicted molar refractivity (Wildman–Crippen MR) is 86.7 cm³/mol. The second kappa shape index (κ2) is 10.4. The monoisotopic (exact) mass is 325 g/mol. The van der Waals surface area contributed by atoms with Gasteiger partial charge in [-0.05, 0) is 20.8 Å². The summed E-state index contributed by atoms with van der Waals surface area (Å²) in [5.74, 6) is -0.288. The largest absolute Gasteiger partial charge is 1.00 e. The van der Waals surface area contributed by atoms with Crippen molar-refractivity contribution in [3.05, 3.63) is 48.0 Å². The zero-order valence-corrected chi connectivity index (χ0v) is 14.7. The van der Waals surface area contributed by atoms with Gasteiger partial charge in [-0.3, -0.25) is 0 Å². The molecule has 1 rings (SSSR count). The van der Waals surface area contributed by atoms with Crippen LogP contribution >= 0.6 is 0 Å². The number of nitrogens with zero attached hydrogens (tertiary/aromatic N) is 1. The Balaban J connectivity index is 0.00000441. The minimum absolute atomic E-state index is 0. The normalized spacial score (nSPS) is 10.7. The van der Waals surface area contributed by atoms with Crippen LogP contribution in [-0.2, 0) is 16.1 Å². The summed E-state index contributed by atoms with van der Waals surface area (Å²) in [7, 11) is 0. The Morgan fingerprint density at radius 3 is 2.27 bits per heavy atom. The van der Waals surface area contributed by atoms with Gasteiger partial charge in [0.05, 0.1) is 26.2 Å². The van der Waals surface area contributed by atoms with Crippen LogP contribution in [0.1, 0.15) is 32.8 Å². The van der Waals surface area contributed by atoms with Gasteiger partial charge in [0.1, 0.15) is 6.54 Å². The van der Waals surface area contributed by atoms with E-state index in [0.29, 0.717) is 12.2 Å². The lowest BCUT2D eigenvalue weighted by Gasteiger charge is -2.37.